The molecule has 1 aromatic heterocycles. The van der Waals surface area contributed by atoms with Gasteiger partial charge < -0.3 is 19.5 Å². The van der Waals surface area contributed by atoms with E-state index in [2.05, 4.69) is 10.4 Å². The van der Waals surface area contributed by atoms with Crippen LogP contribution in [0.2, 0.25) is 0 Å². The molecule has 0 aliphatic heterocycles. The number of esters is 1. The molecule has 1 N–H and O–H groups in total. The zero-order chi connectivity index (χ0) is 22.2. The second-order valence-electron chi connectivity index (χ2n) is 6.66. The van der Waals surface area contributed by atoms with E-state index in [1.54, 1.807) is 56.3 Å². The molecule has 0 aliphatic rings. The highest BCUT2D eigenvalue weighted by molar-refractivity contribution is 5.94. The first kappa shape index (κ1) is 21.9. The monoisotopic (exact) mass is 423 g/mol. The van der Waals surface area contributed by atoms with Gasteiger partial charge in [-0.15, -0.1) is 0 Å². The van der Waals surface area contributed by atoms with Gasteiger partial charge in [-0.1, -0.05) is 12.1 Å². The third-order valence-electron chi connectivity index (χ3n) is 4.74. The van der Waals surface area contributed by atoms with Crippen LogP contribution in [0, 0.1) is 0 Å². The highest BCUT2D eigenvalue weighted by Crippen LogP contribution is 2.21. The predicted octanol–water partition coefficient (Wildman–Crippen LogP) is 3.10. The first-order chi connectivity index (χ1) is 15.0. The van der Waals surface area contributed by atoms with E-state index in [1.807, 2.05) is 24.3 Å². The number of carbonyl (C=O) groups excluding carboxylic acids is 2. The Hall–Kier alpha value is -3.81. The Labute approximate surface area is 180 Å². The summed E-state index contributed by atoms with van der Waals surface area (Å²) in [6, 6.07) is 14.0. The van der Waals surface area contributed by atoms with Crippen LogP contribution in [0.3, 0.4) is 0 Å². The molecule has 0 radical (unpaired) electrons. The van der Waals surface area contributed by atoms with E-state index in [-0.39, 0.29) is 25.1 Å². The third kappa shape index (κ3) is 5.42. The molecule has 2 aromatic carbocycles. The summed E-state index contributed by atoms with van der Waals surface area (Å²) in [4.78, 5) is 24.7. The zero-order valence-corrected chi connectivity index (χ0v) is 17.7. The molecule has 0 fully saturated rings. The predicted molar refractivity (Wildman–Crippen MR) is 115 cm³/mol. The van der Waals surface area contributed by atoms with Crippen LogP contribution < -0.4 is 14.8 Å². The molecule has 8 nitrogen and oxygen atoms in total. The Kier molecular flexibility index (Phi) is 7.26. The number of rotatable bonds is 9. The van der Waals surface area contributed by atoms with Crippen molar-refractivity contribution in [2.24, 2.45) is 0 Å². The number of aromatic nitrogens is 2. The van der Waals surface area contributed by atoms with Gasteiger partial charge >= 0.3 is 5.97 Å². The van der Waals surface area contributed by atoms with E-state index < -0.39 is 5.97 Å². The molecule has 1 amide bonds. The van der Waals surface area contributed by atoms with Gasteiger partial charge in [0.2, 0.25) is 0 Å². The maximum atomic E-state index is 12.6. The van der Waals surface area contributed by atoms with Crippen molar-refractivity contribution >= 4 is 11.9 Å². The fraction of sp³-hybridized carbons (Fsp3) is 0.261. The summed E-state index contributed by atoms with van der Waals surface area (Å²) in [5, 5.41) is 7.27. The van der Waals surface area contributed by atoms with Crippen LogP contribution in [0.15, 0.2) is 60.9 Å². The largest absolute Gasteiger partial charge is 0.497 e. The number of ether oxygens (including phenoxy) is 3. The summed E-state index contributed by atoms with van der Waals surface area (Å²) in [6.45, 7) is 2.29. The number of nitrogens with zero attached hydrogens (tertiary/aromatic N) is 2. The van der Waals surface area contributed by atoms with Crippen LogP contribution in [0.1, 0.15) is 39.2 Å². The van der Waals surface area contributed by atoms with Crippen molar-refractivity contribution in [3.8, 4) is 11.5 Å². The van der Waals surface area contributed by atoms with Gasteiger partial charge in [-0.3, -0.25) is 9.48 Å². The van der Waals surface area contributed by atoms with Crippen LogP contribution in [-0.2, 0) is 4.74 Å². The number of hydrogen-bond donors (Lipinski definition) is 1. The van der Waals surface area contributed by atoms with Gasteiger partial charge in [-0.2, -0.15) is 5.10 Å². The van der Waals surface area contributed by atoms with Crippen molar-refractivity contribution in [2.45, 2.75) is 13.0 Å². The molecule has 1 unspecified atom stereocenters. The number of methoxy groups -OCH3 is 2. The van der Waals surface area contributed by atoms with Crippen molar-refractivity contribution in [2.75, 3.05) is 27.4 Å². The molecule has 1 atom stereocenters. The maximum absolute atomic E-state index is 12.6. The van der Waals surface area contributed by atoms with Gasteiger partial charge in [-0.25, -0.2) is 4.79 Å². The molecular formula is C23H25N3O5. The van der Waals surface area contributed by atoms with Crippen molar-refractivity contribution in [1.29, 1.82) is 0 Å². The summed E-state index contributed by atoms with van der Waals surface area (Å²) in [7, 11) is 3.17. The van der Waals surface area contributed by atoms with Crippen LogP contribution >= 0.6 is 0 Å². The lowest BCUT2D eigenvalue weighted by Crippen LogP contribution is -2.31. The van der Waals surface area contributed by atoms with Gasteiger partial charge in [0.15, 0.2) is 0 Å². The fourth-order valence-electron chi connectivity index (χ4n) is 3.05. The van der Waals surface area contributed by atoms with E-state index >= 15 is 0 Å². The van der Waals surface area contributed by atoms with E-state index in [4.69, 9.17) is 14.2 Å². The summed E-state index contributed by atoms with van der Waals surface area (Å²) >= 11 is 0. The molecular weight excluding hydrogens is 398 g/mol. The minimum Gasteiger partial charge on any atom is -0.497 e. The molecule has 1 heterocycles. The SMILES string of the molecule is CCOC(=O)c1cnn(C(CNC(=O)c2ccc(OC)cc2)c2ccc(OC)cc2)c1. The molecule has 0 saturated carbocycles. The lowest BCUT2D eigenvalue weighted by molar-refractivity contribution is 0.0526. The summed E-state index contributed by atoms with van der Waals surface area (Å²) < 4.78 is 17.0. The molecule has 162 valence electrons. The Morgan fingerprint density at radius 3 is 2.16 bits per heavy atom. The Morgan fingerprint density at radius 2 is 1.58 bits per heavy atom. The number of carbonyl (C=O) groups is 2. The Bertz CT molecular complexity index is 1010. The number of hydrogen-bond acceptors (Lipinski definition) is 6. The lowest BCUT2D eigenvalue weighted by Gasteiger charge is -2.19. The van der Waals surface area contributed by atoms with Gasteiger partial charge in [0, 0.05) is 18.3 Å². The molecule has 0 bridgehead atoms. The van der Waals surface area contributed by atoms with Gasteiger partial charge in [0.05, 0.1) is 38.6 Å². The zero-order valence-electron chi connectivity index (χ0n) is 17.7. The van der Waals surface area contributed by atoms with Crippen molar-refractivity contribution in [1.82, 2.24) is 15.1 Å². The van der Waals surface area contributed by atoms with Crippen molar-refractivity contribution < 1.29 is 23.8 Å². The minimum absolute atomic E-state index is 0.223. The highest BCUT2D eigenvalue weighted by atomic mass is 16.5. The first-order valence-electron chi connectivity index (χ1n) is 9.83. The Morgan fingerprint density at radius 1 is 0.968 bits per heavy atom. The number of nitrogens with one attached hydrogen (secondary N) is 1. The Balaban J connectivity index is 1.81. The van der Waals surface area contributed by atoms with Crippen molar-refractivity contribution in [3.05, 3.63) is 77.6 Å². The topological polar surface area (TPSA) is 91.7 Å². The number of benzene rings is 2. The van der Waals surface area contributed by atoms with Crippen LogP contribution in [0.25, 0.3) is 0 Å². The minimum atomic E-state index is -0.440. The first-order valence-corrected chi connectivity index (χ1v) is 9.83. The van der Waals surface area contributed by atoms with Gasteiger partial charge in [-0.05, 0) is 48.9 Å². The van der Waals surface area contributed by atoms with Crippen molar-refractivity contribution in [3.63, 3.8) is 0 Å². The average molecular weight is 423 g/mol. The van der Waals surface area contributed by atoms with E-state index in [0.29, 0.717) is 16.9 Å². The number of amides is 1. The van der Waals surface area contributed by atoms with Gasteiger partial charge in [0.25, 0.3) is 5.91 Å². The van der Waals surface area contributed by atoms with Crippen LogP contribution in [0.5, 0.6) is 11.5 Å². The molecule has 3 rings (SSSR count). The van der Waals surface area contributed by atoms with E-state index in [9.17, 15) is 9.59 Å². The lowest BCUT2D eigenvalue weighted by atomic mass is 10.1. The quantitative estimate of drug-likeness (QED) is 0.532. The molecule has 0 spiro atoms. The van der Waals surface area contributed by atoms with E-state index in [0.717, 1.165) is 11.3 Å². The third-order valence-corrected chi connectivity index (χ3v) is 4.74. The van der Waals surface area contributed by atoms with Crippen LogP contribution in [-0.4, -0.2) is 49.0 Å². The molecule has 8 heteroatoms. The van der Waals surface area contributed by atoms with E-state index in [1.165, 1.54) is 6.20 Å². The summed E-state index contributed by atoms with van der Waals surface area (Å²) in [6.07, 6.45) is 3.08. The average Bonchev–Trinajstić information content (AvgIpc) is 3.30. The fourth-order valence-corrected chi connectivity index (χ4v) is 3.05. The molecule has 0 saturated heterocycles. The van der Waals surface area contributed by atoms with Gasteiger partial charge in [0.1, 0.15) is 11.5 Å². The van der Waals surface area contributed by atoms with Crippen LogP contribution in [0.4, 0.5) is 0 Å². The summed E-state index contributed by atoms with van der Waals surface area (Å²) in [5.41, 5.74) is 1.76. The molecule has 31 heavy (non-hydrogen) atoms. The second-order valence-corrected chi connectivity index (χ2v) is 6.66. The smallest absolute Gasteiger partial charge is 0.341 e. The standard InChI is InChI=1S/C23H25N3O5/c1-4-31-23(28)18-13-25-26(15-18)21(16-5-9-19(29-2)10-6-16)14-24-22(27)17-7-11-20(30-3)12-8-17/h5-13,15,21H,4,14H2,1-3H3,(H,24,27). The highest BCUT2D eigenvalue weighted by Gasteiger charge is 2.19. The molecule has 3 aromatic rings. The summed E-state index contributed by atoms with van der Waals surface area (Å²) in [5.74, 6) is 0.733. The maximum Gasteiger partial charge on any atom is 0.341 e. The normalized spacial score (nSPS) is 11.5. The second kappa shape index (κ2) is 10.3. The molecule has 0 aliphatic carbocycles.